The van der Waals surface area contributed by atoms with Crippen molar-refractivity contribution in [1.82, 2.24) is 15.0 Å². The molecule has 0 fully saturated rings. The first kappa shape index (κ1) is 13.7. The van der Waals surface area contributed by atoms with Crippen molar-refractivity contribution in [3.05, 3.63) is 17.5 Å². The molecule has 0 saturated carbocycles. The quantitative estimate of drug-likeness (QED) is 0.776. The van der Waals surface area contributed by atoms with E-state index in [1.54, 1.807) is 4.90 Å². The van der Waals surface area contributed by atoms with Gasteiger partial charge in [-0.3, -0.25) is 9.69 Å². The van der Waals surface area contributed by atoms with Crippen molar-refractivity contribution < 1.29 is 9.32 Å². The first-order chi connectivity index (χ1) is 7.90. The molecule has 0 radical (unpaired) electrons. The van der Waals surface area contributed by atoms with Gasteiger partial charge in [0.2, 0.25) is 5.91 Å². The Balaban J connectivity index is 2.44. The molecule has 0 unspecified atom stereocenters. The van der Waals surface area contributed by atoms with E-state index in [4.69, 9.17) is 4.52 Å². The predicted molar refractivity (Wildman–Crippen MR) is 65.5 cm³/mol. The minimum Gasteiger partial charge on any atom is -0.361 e. The van der Waals surface area contributed by atoms with Crippen LogP contribution in [0.3, 0.4) is 0 Å². The Hall–Kier alpha value is -1.36. The summed E-state index contributed by atoms with van der Waals surface area (Å²) in [5, 5.41) is 3.90. The minimum absolute atomic E-state index is 0.114. The van der Waals surface area contributed by atoms with Crippen molar-refractivity contribution in [2.24, 2.45) is 0 Å². The van der Waals surface area contributed by atoms with Crippen LogP contribution in [0.25, 0.3) is 0 Å². The van der Waals surface area contributed by atoms with Gasteiger partial charge in [0.25, 0.3) is 0 Å². The molecule has 0 N–H and O–H groups in total. The van der Waals surface area contributed by atoms with Gasteiger partial charge in [-0.25, -0.2) is 0 Å². The van der Waals surface area contributed by atoms with Crippen LogP contribution in [0.15, 0.2) is 10.6 Å². The third-order valence-electron chi connectivity index (χ3n) is 2.68. The smallest absolute Gasteiger partial charge is 0.236 e. The number of likely N-dealkylation sites (N-methyl/N-ethyl adjacent to an activating group) is 2. The summed E-state index contributed by atoms with van der Waals surface area (Å²) in [6.07, 6.45) is 0. The van der Waals surface area contributed by atoms with Crippen molar-refractivity contribution in [3.63, 3.8) is 0 Å². The van der Waals surface area contributed by atoms with E-state index < -0.39 is 0 Å². The Morgan fingerprint density at radius 2 is 2.12 bits per heavy atom. The average molecular weight is 239 g/mol. The van der Waals surface area contributed by atoms with Gasteiger partial charge in [-0.05, 0) is 27.8 Å². The van der Waals surface area contributed by atoms with Crippen LogP contribution in [-0.2, 0) is 11.3 Å². The lowest BCUT2D eigenvalue weighted by molar-refractivity contribution is -0.132. The van der Waals surface area contributed by atoms with Gasteiger partial charge in [0, 0.05) is 25.7 Å². The molecule has 0 atom stereocenters. The highest BCUT2D eigenvalue weighted by Crippen LogP contribution is 2.05. The highest BCUT2D eigenvalue weighted by atomic mass is 16.5. The summed E-state index contributed by atoms with van der Waals surface area (Å²) in [7, 11) is 3.72. The summed E-state index contributed by atoms with van der Waals surface area (Å²) in [6, 6.07) is 2.11. The van der Waals surface area contributed by atoms with Gasteiger partial charge < -0.3 is 9.42 Å². The Bertz CT molecular complexity index is 374. The number of rotatable bonds is 5. The molecule has 1 heterocycles. The van der Waals surface area contributed by atoms with Crippen molar-refractivity contribution in [3.8, 4) is 0 Å². The molecule has 96 valence electrons. The van der Waals surface area contributed by atoms with Gasteiger partial charge in [-0.1, -0.05) is 5.16 Å². The molecule has 0 spiro atoms. The first-order valence-corrected chi connectivity index (χ1v) is 5.76. The summed E-state index contributed by atoms with van der Waals surface area (Å²) in [4.78, 5) is 15.5. The van der Waals surface area contributed by atoms with Crippen LogP contribution in [0.5, 0.6) is 0 Å². The van der Waals surface area contributed by atoms with Crippen molar-refractivity contribution in [1.29, 1.82) is 0 Å². The fourth-order valence-corrected chi connectivity index (χ4v) is 1.46. The standard InChI is InChI=1S/C12H21N3O2/c1-9(2)15(5)12(16)8-14(4)7-11-6-10(3)17-13-11/h6,9H,7-8H2,1-5H3. The zero-order valence-electron chi connectivity index (χ0n) is 11.2. The molecule has 1 aromatic rings. The first-order valence-electron chi connectivity index (χ1n) is 5.76. The number of carbonyl (C=O) groups is 1. The number of nitrogens with zero attached hydrogens (tertiary/aromatic N) is 3. The molecule has 0 aliphatic heterocycles. The Kier molecular flexibility index (Phi) is 4.69. The summed E-state index contributed by atoms with van der Waals surface area (Å²) in [5.41, 5.74) is 0.852. The summed E-state index contributed by atoms with van der Waals surface area (Å²) in [6.45, 7) is 6.86. The molecule has 1 aromatic heterocycles. The molecule has 1 amide bonds. The highest BCUT2D eigenvalue weighted by Gasteiger charge is 2.15. The molecule has 0 saturated heterocycles. The van der Waals surface area contributed by atoms with Crippen LogP contribution < -0.4 is 0 Å². The van der Waals surface area contributed by atoms with E-state index in [2.05, 4.69) is 5.16 Å². The maximum Gasteiger partial charge on any atom is 0.236 e. The minimum atomic E-state index is 0.114. The SMILES string of the molecule is Cc1cc(CN(C)CC(=O)N(C)C(C)C)no1. The number of hydrogen-bond donors (Lipinski definition) is 0. The normalized spacial score (nSPS) is 11.2. The molecule has 17 heavy (non-hydrogen) atoms. The van der Waals surface area contributed by atoms with E-state index in [0.717, 1.165) is 11.5 Å². The summed E-state index contributed by atoms with van der Waals surface area (Å²) < 4.78 is 4.98. The molecule has 0 aliphatic rings. The lowest BCUT2D eigenvalue weighted by atomic mass is 10.3. The molecule has 0 aromatic carbocycles. The third-order valence-corrected chi connectivity index (χ3v) is 2.68. The van der Waals surface area contributed by atoms with Crippen LogP contribution in [0, 0.1) is 6.92 Å². The van der Waals surface area contributed by atoms with Gasteiger partial charge in [-0.15, -0.1) is 0 Å². The van der Waals surface area contributed by atoms with E-state index in [9.17, 15) is 4.79 Å². The molecule has 0 bridgehead atoms. The maximum atomic E-state index is 11.8. The number of hydrogen-bond acceptors (Lipinski definition) is 4. The largest absolute Gasteiger partial charge is 0.361 e. The second kappa shape index (κ2) is 5.82. The Morgan fingerprint density at radius 3 is 2.59 bits per heavy atom. The second-order valence-corrected chi connectivity index (χ2v) is 4.70. The van der Waals surface area contributed by atoms with Gasteiger partial charge in [0.05, 0.1) is 12.2 Å². The Morgan fingerprint density at radius 1 is 1.47 bits per heavy atom. The Labute approximate surface area is 102 Å². The van der Waals surface area contributed by atoms with Gasteiger partial charge in [-0.2, -0.15) is 0 Å². The summed E-state index contributed by atoms with van der Waals surface area (Å²) >= 11 is 0. The number of amides is 1. The third kappa shape index (κ3) is 4.19. The highest BCUT2D eigenvalue weighted by molar-refractivity contribution is 5.78. The number of aromatic nitrogens is 1. The fourth-order valence-electron chi connectivity index (χ4n) is 1.46. The van der Waals surface area contributed by atoms with Crippen molar-refractivity contribution >= 4 is 5.91 Å². The molecular weight excluding hydrogens is 218 g/mol. The lowest BCUT2D eigenvalue weighted by Crippen LogP contribution is -2.39. The van der Waals surface area contributed by atoms with E-state index in [1.807, 2.05) is 45.8 Å². The number of carbonyl (C=O) groups excluding carboxylic acids is 1. The van der Waals surface area contributed by atoms with E-state index >= 15 is 0 Å². The monoisotopic (exact) mass is 239 g/mol. The topological polar surface area (TPSA) is 49.6 Å². The van der Waals surface area contributed by atoms with E-state index in [0.29, 0.717) is 13.1 Å². The van der Waals surface area contributed by atoms with Gasteiger partial charge >= 0.3 is 0 Å². The predicted octanol–water partition coefficient (Wildman–Crippen LogP) is 1.28. The fraction of sp³-hybridized carbons (Fsp3) is 0.667. The van der Waals surface area contributed by atoms with E-state index in [-0.39, 0.29) is 11.9 Å². The zero-order chi connectivity index (χ0) is 13.0. The lowest BCUT2D eigenvalue weighted by Gasteiger charge is -2.24. The second-order valence-electron chi connectivity index (χ2n) is 4.70. The van der Waals surface area contributed by atoms with Crippen molar-refractivity contribution in [2.75, 3.05) is 20.6 Å². The molecule has 1 rings (SSSR count). The molecule has 5 heteroatoms. The molecular formula is C12H21N3O2. The van der Waals surface area contributed by atoms with Crippen LogP contribution >= 0.6 is 0 Å². The van der Waals surface area contributed by atoms with Crippen molar-refractivity contribution in [2.45, 2.75) is 33.4 Å². The zero-order valence-corrected chi connectivity index (χ0v) is 11.2. The maximum absolute atomic E-state index is 11.8. The van der Waals surface area contributed by atoms with E-state index in [1.165, 1.54) is 0 Å². The molecule has 0 aliphatic carbocycles. The van der Waals surface area contributed by atoms with Crippen LogP contribution in [-0.4, -0.2) is 47.5 Å². The number of aryl methyl sites for hydroxylation is 1. The average Bonchev–Trinajstić information content (AvgIpc) is 2.62. The van der Waals surface area contributed by atoms with Crippen LogP contribution in [0.2, 0.25) is 0 Å². The van der Waals surface area contributed by atoms with Gasteiger partial charge in [0.15, 0.2) is 0 Å². The van der Waals surface area contributed by atoms with Gasteiger partial charge in [0.1, 0.15) is 5.76 Å². The molecule has 5 nitrogen and oxygen atoms in total. The van der Waals surface area contributed by atoms with Crippen LogP contribution in [0.1, 0.15) is 25.3 Å². The summed E-state index contributed by atoms with van der Waals surface area (Å²) in [5.74, 6) is 0.904. The van der Waals surface area contributed by atoms with Crippen LogP contribution in [0.4, 0.5) is 0 Å².